The summed E-state index contributed by atoms with van der Waals surface area (Å²) in [6, 6.07) is 32.3. The SMILES string of the molecule is O=C(CCCCCCCCC(=O)Nc1ccccc1C(=O)Nc1ccccc1)Nc1ccccc1C(=O)Nc1ccccc1. The molecule has 0 radical (unpaired) electrons. The number of anilines is 4. The summed E-state index contributed by atoms with van der Waals surface area (Å²) in [4.78, 5) is 50.6. The number of hydrogen-bond acceptors (Lipinski definition) is 4. The lowest BCUT2D eigenvalue weighted by molar-refractivity contribution is -0.117. The molecule has 0 aliphatic carbocycles. The molecule has 0 fully saturated rings. The molecule has 4 rings (SSSR count). The van der Waals surface area contributed by atoms with Crippen molar-refractivity contribution < 1.29 is 19.2 Å². The van der Waals surface area contributed by atoms with Crippen LogP contribution in [0.3, 0.4) is 0 Å². The van der Waals surface area contributed by atoms with E-state index in [4.69, 9.17) is 0 Å². The summed E-state index contributed by atoms with van der Waals surface area (Å²) in [7, 11) is 0. The van der Waals surface area contributed by atoms with E-state index < -0.39 is 0 Å². The van der Waals surface area contributed by atoms with E-state index in [0.717, 1.165) is 38.5 Å². The molecule has 4 aromatic rings. The highest BCUT2D eigenvalue weighted by Gasteiger charge is 2.15. The molecular formula is C36H38N4O4. The van der Waals surface area contributed by atoms with Gasteiger partial charge in [-0.3, -0.25) is 19.2 Å². The smallest absolute Gasteiger partial charge is 0.257 e. The van der Waals surface area contributed by atoms with Gasteiger partial charge in [-0.05, 0) is 61.4 Å². The molecule has 0 saturated heterocycles. The third-order valence-electron chi connectivity index (χ3n) is 7.01. The Hall–Kier alpha value is -5.24. The first-order valence-corrected chi connectivity index (χ1v) is 15.0. The number of para-hydroxylation sites is 4. The van der Waals surface area contributed by atoms with Gasteiger partial charge in [-0.1, -0.05) is 86.3 Å². The summed E-state index contributed by atoms with van der Waals surface area (Å²) < 4.78 is 0. The van der Waals surface area contributed by atoms with Crippen molar-refractivity contribution in [1.82, 2.24) is 0 Å². The Bertz CT molecular complexity index is 1420. The van der Waals surface area contributed by atoms with Gasteiger partial charge in [0.15, 0.2) is 0 Å². The monoisotopic (exact) mass is 590 g/mol. The lowest BCUT2D eigenvalue weighted by Crippen LogP contribution is -2.18. The molecule has 4 amide bonds. The number of hydrogen-bond donors (Lipinski definition) is 4. The maximum Gasteiger partial charge on any atom is 0.257 e. The van der Waals surface area contributed by atoms with Crippen LogP contribution in [0.15, 0.2) is 109 Å². The Morgan fingerprint density at radius 3 is 1.14 bits per heavy atom. The quantitative estimate of drug-likeness (QED) is 0.105. The second-order valence-corrected chi connectivity index (χ2v) is 10.4. The van der Waals surface area contributed by atoms with Gasteiger partial charge in [0.05, 0.1) is 22.5 Å². The fourth-order valence-electron chi connectivity index (χ4n) is 4.72. The van der Waals surface area contributed by atoms with Crippen molar-refractivity contribution in [2.24, 2.45) is 0 Å². The van der Waals surface area contributed by atoms with E-state index in [1.54, 1.807) is 48.5 Å². The highest BCUT2D eigenvalue weighted by molar-refractivity contribution is 6.11. The highest BCUT2D eigenvalue weighted by Crippen LogP contribution is 2.20. The number of rotatable bonds is 15. The zero-order valence-corrected chi connectivity index (χ0v) is 24.7. The zero-order chi connectivity index (χ0) is 31.0. The lowest BCUT2D eigenvalue weighted by Gasteiger charge is -2.12. The maximum atomic E-state index is 12.7. The Labute approximate surface area is 258 Å². The molecule has 0 aromatic heterocycles. The summed E-state index contributed by atoms with van der Waals surface area (Å²) >= 11 is 0. The molecule has 0 atom stereocenters. The first-order chi connectivity index (χ1) is 21.5. The van der Waals surface area contributed by atoms with Crippen molar-refractivity contribution in [2.75, 3.05) is 21.3 Å². The van der Waals surface area contributed by atoms with E-state index in [-0.39, 0.29) is 23.6 Å². The van der Waals surface area contributed by atoms with Crippen LogP contribution in [0.2, 0.25) is 0 Å². The van der Waals surface area contributed by atoms with Gasteiger partial charge in [-0.2, -0.15) is 0 Å². The second kappa shape index (κ2) is 17.0. The Kier molecular flexibility index (Phi) is 12.3. The zero-order valence-electron chi connectivity index (χ0n) is 24.7. The van der Waals surface area contributed by atoms with Crippen LogP contribution in [0.4, 0.5) is 22.7 Å². The van der Waals surface area contributed by atoms with Crippen LogP contribution < -0.4 is 21.3 Å². The molecule has 8 heteroatoms. The molecule has 226 valence electrons. The number of unbranched alkanes of at least 4 members (excludes halogenated alkanes) is 5. The van der Waals surface area contributed by atoms with E-state index >= 15 is 0 Å². The number of nitrogens with one attached hydrogen (secondary N) is 4. The van der Waals surface area contributed by atoms with Crippen LogP contribution in [0.1, 0.15) is 72.1 Å². The largest absolute Gasteiger partial charge is 0.325 e. The number of amides is 4. The summed E-state index contributed by atoms with van der Waals surface area (Å²) in [5, 5.41) is 11.5. The van der Waals surface area contributed by atoms with Gasteiger partial charge in [0.1, 0.15) is 0 Å². The lowest BCUT2D eigenvalue weighted by atomic mass is 10.1. The molecule has 0 aliphatic heterocycles. The van der Waals surface area contributed by atoms with Crippen LogP contribution in [0, 0.1) is 0 Å². The standard InChI is InChI=1S/C36H38N4O4/c41-33(39-31-23-15-13-21-29(31)35(43)37-27-17-7-5-8-18-27)25-11-3-1-2-4-12-26-34(42)40-32-24-16-14-22-30(32)36(44)38-28-19-9-6-10-20-28/h5-10,13-24H,1-4,11-12,25-26H2,(H,37,43)(H,38,44)(H,39,41)(H,40,42). The van der Waals surface area contributed by atoms with Gasteiger partial charge in [-0.15, -0.1) is 0 Å². The fraction of sp³-hybridized carbons (Fsp3) is 0.222. The van der Waals surface area contributed by atoms with Gasteiger partial charge in [0.2, 0.25) is 11.8 Å². The van der Waals surface area contributed by atoms with Crippen molar-refractivity contribution in [2.45, 2.75) is 51.4 Å². The molecule has 0 bridgehead atoms. The Morgan fingerprint density at radius 2 is 0.727 bits per heavy atom. The molecule has 4 aromatic carbocycles. The number of carbonyl (C=O) groups excluding carboxylic acids is 4. The minimum Gasteiger partial charge on any atom is -0.325 e. The predicted molar refractivity (Wildman–Crippen MR) is 176 cm³/mol. The molecule has 8 nitrogen and oxygen atoms in total. The van der Waals surface area contributed by atoms with E-state index in [9.17, 15) is 19.2 Å². The van der Waals surface area contributed by atoms with Crippen LogP contribution >= 0.6 is 0 Å². The van der Waals surface area contributed by atoms with Gasteiger partial charge < -0.3 is 21.3 Å². The topological polar surface area (TPSA) is 116 Å². The van der Waals surface area contributed by atoms with Crippen LogP contribution in [0.5, 0.6) is 0 Å². The number of carbonyl (C=O) groups is 4. The highest BCUT2D eigenvalue weighted by atomic mass is 16.2. The average Bonchev–Trinajstić information content (AvgIpc) is 3.03. The Balaban J connectivity index is 1.10. The van der Waals surface area contributed by atoms with E-state index in [1.165, 1.54) is 0 Å². The summed E-state index contributed by atoms with van der Waals surface area (Å²) in [6.07, 6.45) is 5.96. The third-order valence-corrected chi connectivity index (χ3v) is 7.01. The maximum absolute atomic E-state index is 12.7. The van der Waals surface area contributed by atoms with Crippen molar-refractivity contribution in [1.29, 1.82) is 0 Å². The fourth-order valence-corrected chi connectivity index (χ4v) is 4.72. The molecule has 0 aliphatic rings. The second-order valence-electron chi connectivity index (χ2n) is 10.4. The average molecular weight is 591 g/mol. The van der Waals surface area contributed by atoms with Crippen molar-refractivity contribution in [3.05, 3.63) is 120 Å². The summed E-state index contributed by atoms with van der Waals surface area (Å²) in [6.45, 7) is 0. The Morgan fingerprint density at radius 1 is 0.386 bits per heavy atom. The molecule has 0 spiro atoms. The van der Waals surface area contributed by atoms with E-state index in [1.807, 2.05) is 60.7 Å². The minimum absolute atomic E-state index is 0.126. The molecule has 44 heavy (non-hydrogen) atoms. The summed E-state index contributed by atoms with van der Waals surface area (Å²) in [5.41, 5.74) is 3.17. The number of benzene rings is 4. The van der Waals surface area contributed by atoms with Crippen molar-refractivity contribution in [3.8, 4) is 0 Å². The first-order valence-electron chi connectivity index (χ1n) is 15.0. The van der Waals surface area contributed by atoms with Gasteiger partial charge >= 0.3 is 0 Å². The van der Waals surface area contributed by atoms with Crippen molar-refractivity contribution >= 4 is 46.4 Å². The van der Waals surface area contributed by atoms with E-state index in [2.05, 4.69) is 21.3 Å². The minimum atomic E-state index is -0.279. The normalized spacial score (nSPS) is 10.5. The third kappa shape index (κ3) is 10.2. The van der Waals surface area contributed by atoms with Crippen molar-refractivity contribution in [3.63, 3.8) is 0 Å². The van der Waals surface area contributed by atoms with Gasteiger partial charge in [-0.25, -0.2) is 0 Å². The molecule has 0 heterocycles. The van der Waals surface area contributed by atoms with Gasteiger partial charge in [0, 0.05) is 24.2 Å². The molecule has 0 saturated carbocycles. The first kappa shape index (κ1) is 31.7. The van der Waals surface area contributed by atoms with E-state index in [0.29, 0.717) is 46.7 Å². The van der Waals surface area contributed by atoms with Crippen LogP contribution in [-0.2, 0) is 9.59 Å². The predicted octanol–water partition coefficient (Wildman–Crippen LogP) is 7.89. The molecule has 4 N–H and O–H groups in total. The molecular weight excluding hydrogens is 552 g/mol. The van der Waals surface area contributed by atoms with Crippen LogP contribution in [-0.4, -0.2) is 23.6 Å². The van der Waals surface area contributed by atoms with Gasteiger partial charge in [0.25, 0.3) is 11.8 Å². The molecule has 0 unspecified atom stereocenters. The summed E-state index contributed by atoms with van der Waals surface area (Å²) in [5.74, 6) is -0.809. The van der Waals surface area contributed by atoms with Crippen LogP contribution in [0.25, 0.3) is 0 Å².